The highest BCUT2D eigenvalue weighted by Crippen LogP contribution is 2.07. The maximum absolute atomic E-state index is 10.9. The molecule has 100 valence electrons. The predicted octanol–water partition coefficient (Wildman–Crippen LogP) is 0.609. The lowest BCUT2D eigenvalue weighted by atomic mass is 10.2. The van der Waals surface area contributed by atoms with E-state index in [2.05, 4.69) is 0 Å². The van der Waals surface area contributed by atoms with Crippen molar-refractivity contribution >= 4 is 11.9 Å². The Balaban J connectivity index is 0. The summed E-state index contributed by atoms with van der Waals surface area (Å²) < 4.78 is 4.99. The lowest BCUT2D eigenvalue weighted by molar-refractivity contribution is -0.153. The smallest absolute Gasteiger partial charge is 0.320 e. The first kappa shape index (κ1) is 17.8. The number of carboxylic acid groups (broad SMARTS) is 1. The van der Waals surface area contributed by atoms with E-state index in [0.717, 1.165) is 0 Å². The van der Waals surface area contributed by atoms with Crippen molar-refractivity contribution in [2.45, 2.75) is 45.8 Å². The minimum absolute atomic E-state index is 0.244. The Morgan fingerprint density at radius 2 is 1.82 bits per heavy atom. The molecule has 17 heavy (non-hydrogen) atoms. The number of ether oxygens (including phenoxy) is 1. The van der Waals surface area contributed by atoms with E-state index in [1.165, 1.54) is 13.1 Å². The van der Waals surface area contributed by atoms with Crippen molar-refractivity contribution in [1.29, 1.82) is 0 Å². The highest BCUT2D eigenvalue weighted by molar-refractivity contribution is 5.72. The number of carboxylic acids is 1. The van der Waals surface area contributed by atoms with Gasteiger partial charge in [0.05, 0.1) is 6.42 Å². The number of hydrogen-bond donors (Lipinski definition) is 3. The number of carbonyl (C=O) groups is 2. The minimum Gasteiger partial charge on any atom is -0.480 e. The average molecular weight is 246 g/mol. The summed E-state index contributed by atoms with van der Waals surface area (Å²) >= 11 is 0. The van der Waals surface area contributed by atoms with Gasteiger partial charge in [0.25, 0.3) is 0 Å². The molecule has 0 rings (SSSR count). The molecule has 0 unspecified atom stereocenters. The fourth-order valence-corrected chi connectivity index (χ4v) is 0.547. The molecule has 0 saturated heterocycles. The molecule has 0 aliphatic carbocycles. The van der Waals surface area contributed by atoms with E-state index in [4.69, 9.17) is 21.3 Å². The maximum atomic E-state index is 10.9. The zero-order valence-electron chi connectivity index (χ0n) is 10.8. The molecule has 6 nitrogen and oxygen atoms in total. The molecular formula is C11H22N2O4. The summed E-state index contributed by atoms with van der Waals surface area (Å²) in [5.41, 5.74) is 9.48. The molecule has 0 spiro atoms. The zero-order chi connectivity index (χ0) is 14.1. The van der Waals surface area contributed by atoms with Crippen molar-refractivity contribution in [1.82, 2.24) is 0 Å². The quantitative estimate of drug-likeness (QED) is 0.628. The molecule has 0 bridgehead atoms. The molecule has 0 aliphatic rings. The Labute approximate surface area is 102 Å². The normalized spacial score (nSPS) is 12.5. The molecule has 5 N–H and O–H groups in total. The number of hydrogen-bond acceptors (Lipinski definition) is 5. The summed E-state index contributed by atoms with van der Waals surface area (Å²) in [4.78, 5) is 20.5. The van der Waals surface area contributed by atoms with Gasteiger partial charge in [-0.3, -0.25) is 9.59 Å². The van der Waals surface area contributed by atoms with Crippen LogP contribution >= 0.6 is 0 Å². The lowest BCUT2D eigenvalue weighted by Crippen LogP contribution is -2.25. The maximum Gasteiger partial charge on any atom is 0.320 e. The summed E-state index contributed by atoms with van der Waals surface area (Å²) in [5, 5.41) is 7.87. The second kappa shape index (κ2) is 8.58. The van der Waals surface area contributed by atoms with E-state index in [1.54, 1.807) is 6.08 Å². The summed E-state index contributed by atoms with van der Waals surface area (Å²) in [6.07, 6.45) is 3.14. The van der Waals surface area contributed by atoms with Crippen LogP contribution in [0.3, 0.4) is 0 Å². The van der Waals surface area contributed by atoms with Crippen molar-refractivity contribution in [3.63, 3.8) is 0 Å². The lowest BCUT2D eigenvalue weighted by Gasteiger charge is -2.18. The molecule has 0 radical (unpaired) electrons. The number of carbonyl (C=O) groups excluding carboxylic acids is 1. The van der Waals surface area contributed by atoms with Gasteiger partial charge in [-0.2, -0.15) is 0 Å². The van der Waals surface area contributed by atoms with Gasteiger partial charge in [0, 0.05) is 0 Å². The Bertz CT molecular complexity index is 267. The number of aliphatic carboxylic acids is 1. The van der Waals surface area contributed by atoms with Crippen LogP contribution < -0.4 is 11.5 Å². The fraction of sp³-hybridized carbons (Fsp3) is 0.636. The van der Waals surface area contributed by atoms with Crippen LogP contribution in [0, 0.1) is 0 Å². The second-order valence-corrected chi connectivity index (χ2v) is 4.35. The largest absolute Gasteiger partial charge is 0.480 e. The van der Waals surface area contributed by atoms with Gasteiger partial charge in [0.1, 0.15) is 11.6 Å². The summed E-state index contributed by atoms with van der Waals surface area (Å²) in [5.74, 6) is -1.21. The van der Waals surface area contributed by atoms with Gasteiger partial charge in [0.15, 0.2) is 0 Å². The fourth-order valence-electron chi connectivity index (χ4n) is 0.547. The molecule has 0 aliphatic heterocycles. The van der Waals surface area contributed by atoms with E-state index < -0.39 is 17.6 Å². The number of rotatable bonds is 3. The highest BCUT2D eigenvalue weighted by atomic mass is 16.6. The van der Waals surface area contributed by atoms with Gasteiger partial charge in [-0.25, -0.2) is 0 Å². The molecule has 0 fully saturated rings. The van der Waals surface area contributed by atoms with Crippen LogP contribution in [0.4, 0.5) is 0 Å². The van der Waals surface area contributed by atoms with Crippen LogP contribution in [-0.2, 0) is 14.3 Å². The van der Waals surface area contributed by atoms with Crippen molar-refractivity contribution in [2.24, 2.45) is 11.5 Å². The molecule has 0 aromatic carbocycles. The Hall–Kier alpha value is -1.56. The topological polar surface area (TPSA) is 116 Å². The van der Waals surface area contributed by atoms with E-state index in [9.17, 15) is 9.59 Å². The summed E-state index contributed by atoms with van der Waals surface area (Å²) in [6, 6.07) is -0.731. The molecule has 0 heterocycles. The van der Waals surface area contributed by atoms with Gasteiger partial charge in [-0.05, 0) is 33.9 Å². The van der Waals surface area contributed by atoms with Gasteiger partial charge in [0.2, 0.25) is 0 Å². The molecule has 1 atom stereocenters. The summed E-state index contributed by atoms with van der Waals surface area (Å²) in [7, 11) is 0. The molecule has 0 aromatic heterocycles. The van der Waals surface area contributed by atoms with Gasteiger partial charge >= 0.3 is 11.9 Å². The van der Waals surface area contributed by atoms with Gasteiger partial charge < -0.3 is 21.3 Å². The Morgan fingerprint density at radius 3 is 2.06 bits per heavy atom. The van der Waals surface area contributed by atoms with Crippen LogP contribution in [0.15, 0.2) is 12.3 Å². The SMILES string of the molecule is CC(C)(C)OC(=O)CC=CN.C[C@H](N)C(=O)O. The van der Waals surface area contributed by atoms with Crippen LogP contribution in [0.1, 0.15) is 34.1 Å². The number of nitrogens with two attached hydrogens (primary N) is 2. The molecular weight excluding hydrogens is 224 g/mol. The molecule has 0 aromatic rings. The molecule has 0 amide bonds. The number of esters is 1. The first-order valence-electron chi connectivity index (χ1n) is 5.17. The van der Waals surface area contributed by atoms with Gasteiger partial charge in [-0.15, -0.1) is 0 Å². The zero-order valence-corrected chi connectivity index (χ0v) is 10.8. The predicted molar refractivity (Wildman–Crippen MR) is 65.1 cm³/mol. The van der Waals surface area contributed by atoms with Crippen molar-refractivity contribution in [2.75, 3.05) is 0 Å². The van der Waals surface area contributed by atoms with Crippen LogP contribution in [0.5, 0.6) is 0 Å². The van der Waals surface area contributed by atoms with E-state index in [0.29, 0.717) is 0 Å². The third-order valence-corrected chi connectivity index (χ3v) is 1.23. The monoisotopic (exact) mass is 246 g/mol. The standard InChI is InChI=1S/C8H15NO2.C3H7NO2/c1-8(2,3)11-7(10)5-4-6-9;1-2(4)3(5)6/h4,6H,5,9H2,1-3H3;2H,4H2,1H3,(H,5,6)/t;2-/m.0/s1. The van der Waals surface area contributed by atoms with Crippen LogP contribution in [0.2, 0.25) is 0 Å². The summed E-state index contributed by atoms with van der Waals surface area (Å²) in [6.45, 7) is 6.91. The average Bonchev–Trinajstić information content (AvgIpc) is 2.12. The van der Waals surface area contributed by atoms with Crippen LogP contribution in [-0.4, -0.2) is 28.7 Å². The Kier molecular flexibility index (Phi) is 8.99. The van der Waals surface area contributed by atoms with Gasteiger partial charge in [-0.1, -0.05) is 6.08 Å². The van der Waals surface area contributed by atoms with E-state index in [1.807, 2.05) is 20.8 Å². The van der Waals surface area contributed by atoms with Crippen molar-refractivity contribution < 1.29 is 19.4 Å². The third-order valence-electron chi connectivity index (χ3n) is 1.23. The van der Waals surface area contributed by atoms with E-state index >= 15 is 0 Å². The third kappa shape index (κ3) is 17.1. The van der Waals surface area contributed by atoms with Crippen molar-refractivity contribution in [3.05, 3.63) is 12.3 Å². The minimum atomic E-state index is -0.963. The second-order valence-electron chi connectivity index (χ2n) is 4.35. The Morgan fingerprint density at radius 1 is 1.41 bits per heavy atom. The first-order valence-corrected chi connectivity index (χ1v) is 5.17. The molecule has 6 heteroatoms. The first-order chi connectivity index (χ1) is 7.60. The molecule has 0 saturated carbocycles. The highest BCUT2D eigenvalue weighted by Gasteiger charge is 2.14. The van der Waals surface area contributed by atoms with Crippen LogP contribution in [0.25, 0.3) is 0 Å². The van der Waals surface area contributed by atoms with E-state index in [-0.39, 0.29) is 12.4 Å². The van der Waals surface area contributed by atoms with Crippen molar-refractivity contribution in [3.8, 4) is 0 Å².